The molecule has 2 N–H and O–H groups in total. The lowest BCUT2D eigenvalue weighted by atomic mass is 10.2. The van der Waals surface area contributed by atoms with E-state index >= 15 is 0 Å². The highest BCUT2D eigenvalue weighted by atomic mass is 32.2. The molecule has 24 heavy (non-hydrogen) atoms. The molecule has 1 heterocycles. The summed E-state index contributed by atoms with van der Waals surface area (Å²) in [6, 6.07) is 8.08. The molecule has 0 aromatic heterocycles. The molecule has 1 aliphatic rings. The molecule has 0 unspecified atom stereocenters. The summed E-state index contributed by atoms with van der Waals surface area (Å²) in [5.74, 6) is -0.0590. The second-order valence-corrected chi connectivity index (χ2v) is 7.44. The number of amides is 1. The van der Waals surface area contributed by atoms with Gasteiger partial charge in [0, 0.05) is 6.04 Å². The second-order valence-electron chi connectivity index (χ2n) is 5.21. The largest absolute Gasteiger partial charge is 0.494 e. The van der Waals surface area contributed by atoms with Crippen LogP contribution in [0, 0.1) is 11.3 Å². The lowest BCUT2D eigenvalue weighted by Crippen LogP contribution is -2.39. The standard InChI is InChI=1S/C15H18N4O4S/c1-2-23-13-5-3-11(4-6-13)18-19-14(9-16)15(20)17-12-7-8-24(21,22)10-12/h3-6,12,18H,2,7-8,10H2,1H3,(H,17,20)/b19-14-/t12-/m0/s1. The lowest BCUT2D eigenvalue weighted by molar-refractivity contribution is -0.115. The number of ether oxygens (including phenoxy) is 1. The van der Waals surface area contributed by atoms with Gasteiger partial charge in [0.05, 0.1) is 23.8 Å². The maximum atomic E-state index is 12.0. The zero-order chi connectivity index (χ0) is 17.6. The van der Waals surface area contributed by atoms with Gasteiger partial charge in [-0.25, -0.2) is 8.42 Å². The van der Waals surface area contributed by atoms with Crippen molar-refractivity contribution >= 4 is 27.1 Å². The molecule has 1 fully saturated rings. The minimum atomic E-state index is -3.10. The van der Waals surface area contributed by atoms with Gasteiger partial charge in [-0.3, -0.25) is 10.2 Å². The molecule has 0 bridgehead atoms. The van der Waals surface area contributed by atoms with E-state index in [1.54, 1.807) is 30.3 Å². The van der Waals surface area contributed by atoms with E-state index in [0.717, 1.165) is 0 Å². The number of benzene rings is 1. The van der Waals surface area contributed by atoms with Gasteiger partial charge in [-0.15, -0.1) is 0 Å². The molecule has 1 aromatic rings. The third kappa shape index (κ3) is 4.96. The normalized spacial score (nSPS) is 19.3. The van der Waals surface area contributed by atoms with Crippen molar-refractivity contribution in [3.05, 3.63) is 24.3 Å². The van der Waals surface area contributed by atoms with Crippen molar-refractivity contribution in [2.75, 3.05) is 23.5 Å². The molecule has 2 rings (SSSR count). The Balaban J connectivity index is 1.96. The van der Waals surface area contributed by atoms with Gasteiger partial charge in [0.2, 0.25) is 5.71 Å². The van der Waals surface area contributed by atoms with Crippen LogP contribution in [0.25, 0.3) is 0 Å². The van der Waals surface area contributed by atoms with E-state index in [1.807, 2.05) is 6.92 Å². The third-order valence-corrected chi connectivity index (χ3v) is 5.12. The Morgan fingerprint density at radius 3 is 2.67 bits per heavy atom. The van der Waals surface area contributed by atoms with Crippen LogP contribution in [-0.2, 0) is 14.6 Å². The van der Waals surface area contributed by atoms with Gasteiger partial charge >= 0.3 is 0 Å². The highest BCUT2D eigenvalue weighted by Gasteiger charge is 2.29. The molecular formula is C15H18N4O4S. The summed E-state index contributed by atoms with van der Waals surface area (Å²) in [6.45, 7) is 2.43. The van der Waals surface area contributed by atoms with Crippen molar-refractivity contribution in [3.63, 3.8) is 0 Å². The Bertz CT molecular complexity index is 766. The number of hydrogen-bond donors (Lipinski definition) is 2. The van der Waals surface area contributed by atoms with Gasteiger partial charge in [0.25, 0.3) is 5.91 Å². The molecule has 1 amide bonds. The number of nitrogens with one attached hydrogen (secondary N) is 2. The fraction of sp³-hybridized carbons (Fsp3) is 0.400. The first-order valence-electron chi connectivity index (χ1n) is 7.41. The van der Waals surface area contributed by atoms with E-state index in [9.17, 15) is 13.2 Å². The first kappa shape index (κ1) is 17.7. The van der Waals surface area contributed by atoms with Crippen molar-refractivity contribution < 1.29 is 17.9 Å². The van der Waals surface area contributed by atoms with Crippen LogP contribution in [0.4, 0.5) is 5.69 Å². The average molecular weight is 350 g/mol. The predicted molar refractivity (Wildman–Crippen MR) is 89.5 cm³/mol. The molecule has 1 saturated heterocycles. The summed E-state index contributed by atoms with van der Waals surface area (Å²) in [5.41, 5.74) is 2.84. The molecule has 9 heteroatoms. The van der Waals surface area contributed by atoms with Crippen molar-refractivity contribution in [2.45, 2.75) is 19.4 Å². The van der Waals surface area contributed by atoms with Crippen molar-refractivity contribution in [2.24, 2.45) is 5.10 Å². The van der Waals surface area contributed by atoms with E-state index in [0.29, 0.717) is 24.5 Å². The fourth-order valence-corrected chi connectivity index (χ4v) is 3.88. The summed E-state index contributed by atoms with van der Waals surface area (Å²) in [7, 11) is -3.10. The lowest BCUT2D eigenvalue weighted by Gasteiger charge is -2.09. The molecular weight excluding hydrogens is 332 g/mol. The highest BCUT2D eigenvalue weighted by Crippen LogP contribution is 2.15. The number of hydrogen-bond acceptors (Lipinski definition) is 7. The summed E-state index contributed by atoms with van der Waals surface area (Å²) >= 11 is 0. The first-order valence-corrected chi connectivity index (χ1v) is 9.23. The molecule has 1 aliphatic heterocycles. The molecule has 8 nitrogen and oxygen atoms in total. The fourth-order valence-electron chi connectivity index (χ4n) is 2.20. The van der Waals surface area contributed by atoms with Crippen LogP contribution in [0.3, 0.4) is 0 Å². The van der Waals surface area contributed by atoms with Crippen molar-refractivity contribution in [3.8, 4) is 11.8 Å². The van der Waals surface area contributed by atoms with Crippen LogP contribution in [0.2, 0.25) is 0 Å². The topological polar surface area (TPSA) is 121 Å². The number of sulfone groups is 1. The number of carbonyl (C=O) groups excluding carboxylic acids is 1. The van der Waals surface area contributed by atoms with Gasteiger partial charge in [-0.05, 0) is 37.6 Å². The van der Waals surface area contributed by atoms with Gasteiger partial charge in [0.15, 0.2) is 9.84 Å². The van der Waals surface area contributed by atoms with Crippen LogP contribution in [0.15, 0.2) is 29.4 Å². The van der Waals surface area contributed by atoms with Crippen LogP contribution in [0.1, 0.15) is 13.3 Å². The van der Waals surface area contributed by atoms with Crippen LogP contribution in [-0.4, -0.2) is 44.2 Å². The van der Waals surface area contributed by atoms with E-state index in [-0.39, 0.29) is 17.2 Å². The predicted octanol–water partition coefficient (Wildman–Crippen LogP) is 0.680. The average Bonchev–Trinajstić information content (AvgIpc) is 2.88. The van der Waals surface area contributed by atoms with E-state index in [1.165, 1.54) is 0 Å². The number of rotatable bonds is 6. The Labute approximate surface area is 140 Å². The van der Waals surface area contributed by atoms with E-state index < -0.39 is 21.8 Å². The Kier molecular flexibility index (Phi) is 5.76. The highest BCUT2D eigenvalue weighted by molar-refractivity contribution is 7.91. The third-order valence-electron chi connectivity index (χ3n) is 3.35. The molecule has 0 aliphatic carbocycles. The molecule has 0 radical (unpaired) electrons. The SMILES string of the molecule is CCOc1ccc(N/N=C(/C#N)C(=O)N[C@H]2CCS(=O)(=O)C2)cc1. The Morgan fingerprint density at radius 2 is 2.12 bits per heavy atom. The molecule has 0 saturated carbocycles. The maximum Gasteiger partial charge on any atom is 0.282 e. The minimum Gasteiger partial charge on any atom is -0.494 e. The van der Waals surface area contributed by atoms with Gasteiger partial charge in [-0.1, -0.05) is 0 Å². The zero-order valence-corrected chi connectivity index (χ0v) is 14.0. The van der Waals surface area contributed by atoms with Gasteiger partial charge in [0.1, 0.15) is 11.8 Å². The minimum absolute atomic E-state index is 0.0431. The van der Waals surface area contributed by atoms with Gasteiger partial charge in [-0.2, -0.15) is 10.4 Å². The van der Waals surface area contributed by atoms with Crippen LogP contribution >= 0.6 is 0 Å². The first-order chi connectivity index (χ1) is 11.4. The van der Waals surface area contributed by atoms with E-state index in [2.05, 4.69) is 15.8 Å². The monoisotopic (exact) mass is 350 g/mol. The summed E-state index contributed by atoms with van der Waals surface area (Å²) < 4.78 is 28.1. The molecule has 0 spiro atoms. The Hall–Kier alpha value is -2.60. The number of hydrazone groups is 1. The van der Waals surface area contributed by atoms with Crippen molar-refractivity contribution in [1.29, 1.82) is 5.26 Å². The molecule has 1 atom stereocenters. The summed E-state index contributed by atoms with van der Waals surface area (Å²) in [4.78, 5) is 12.0. The van der Waals surface area contributed by atoms with Crippen LogP contribution < -0.4 is 15.5 Å². The Morgan fingerprint density at radius 1 is 1.42 bits per heavy atom. The number of nitrogens with zero attached hydrogens (tertiary/aromatic N) is 2. The molecule has 128 valence electrons. The molecule has 1 aromatic carbocycles. The summed E-state index contributed by atoms with van der Waals surface area (Å²) in [5, 5.41) is 15.3. The quantitative estimate of drug-likeness (QED) is 0.575. The number of anilines is 1. The zero-order valence-electron chi connectivity index (χ0n) is 13.2. The van der Waals surface area contributed by atoms with Crippen molar-refractivity contribution in [1.82, 2.24) is 5.32 Å². The smallest absolute Gasteiger partial charge is 0.282 e. The van der Waals surface area contributed by atoms with Gasteiger partial charge < -0.3 is 10.1 Å². The van der Waals surface area contributed by atoms with Crippen LogP contribution in [0.5, 0.6) is 5.75 Å². The number of nitriles is 1. The van der Waals surface area contributed by atoms with E-state index in [4.69, 9.17) is 10.00 Å². The second kappa shape index (κ2) is 7.79. The number of carbonyl (C=O) groups is 1. The maximum absolute atomic E-state index is 12.0. The summed E-state index contributed by atoms with van der Waals surface area (Å²) in [6.07, 6.45) is 0.346.